The summed E-state index contributed by atoms with van der Waals surface area (Å²) in [4.78, 5) is 4.00. The van der Waals surface area contributed by atoms with Crippen molar-refractivity contribution in [3.05, 3.63) is 53.9 Å². The van der Waals surface area contributed by atoms with Crippen LogP contribution in [0, 0.1) is 0 Å². The van der Waals surface area contributed by atoms with Crippen molar-refractivity contribution in [2.45, 2.75) is 19.4 Å². The quantitative estimate of drug-likeness (QED) is 0.622. The monoisotopic (exact) mass is 272 g/mol. The molecule has 0 bridgehead atoms. The van der Waals surface area contributed by atoms with Crippen molar-refractivity contribution < 1.29 is 9.47 Å². The normalized spacial score (nSPS) is 10.4. The molecule has 0 aliphatic carbocycles. The van der Waals surface area contributed by atoms with Gasteiger partial charge in [0, 0.05) is 30.8 Å². The highest BCUT2D eigenvalue weighted by atomic mass is 16.5. The van der Waals surface area contributed by atoms with Gasteiger partial charge in [0.2, 0.25) is 0 Å². The first-order valence-electron chi connectivity index (χ1n) is 6.68. The van der Waals surface area contributed by atoms with Gasteiger partial charge in [-0.1, -0.05) is 0 Å². The topological polar surface area (TPSA) is 57.4 Å². The molecule has 0 saturated carbocycles. The predicted molar refractivity (Wildman–Crippen MR) is 79.6 cm³/mol. The summed E-state index contributed by atoms with van der Waals surface area (Å²) in [6.45, 7) is 1.27. The van der Waals surface area contributed by atoms with Gasteiger partial charge in [0.1, 0.15) is 5.75 Å². The number of methoxy groups -OCH3 is 1. The lowest BCUT2D eigenvalue weighted by atomic mass is 10.1. The number of nitrogen functional groups attached to an aromatic ring is 1. The third-order valence-electron chi connectivity index (χ3n) is 3.00. The van der Waals surface area contributed by atoms with Crippen molar-refractivity contribution >= 4 is 5.69 Å². The van der Waals surface area contributed by atoms with Gasteiger partial charge in [-0.25, -0.2) is 0 Å². The fraction of sp³-hybridized carbons (Fsp3) is 0.312. The number of nitrogens with two attached hydrogens (primary N) is 1. The Hall–Kier alpha value is -2.07. The molecule has 0 fully saturated rings. The van der Waals surface area contributed by atoms with E-state index in [-0.39, 0.29) is 0 Å². The summed E-state index contributed by atoms with van der Waals surface area (Å²) in [5.74, 6) is 0.764. The van der Waals surface area contributed by atoms with Crippen LogP contribution in [0.2, 0.25) is 0 Å². The second-order valence-electron chi connectivity index (χ2n) is 4.63. The molecule has 0 aliphatic rings. The Balaban J connectivity index is 1.72. The Kier molecular flexibility index (Phi) is 5.38. The molecule has 0 aliphatic heterocycles. The number of pyridine rings is 1. The van der Waals surface area contributed by atoms with Crippen molar-refractivity contribution in [3.8, 4) is 5.75 Å². The standard InChI is InChI=1S/C16H20N2O2/c1-19-16-10-14(9-15(17)11-16)12-20-8-2-3-13-4-6-18-7-5-13/h4-7,9-11H,2-3,8,12,17H2,1H3. The predicted octanol–water partition coefficient (Wildman–Crippen LogP) is 2.82. The number of aryl methyl sites for hydroxylation is 1. The van der Waals surface area contributed by atoms with E-state index in [1.807, 2.05) is 36.7 Å². The van der Waals surface area contributed by atoms with E-state index in [4.69, 9.17) is 15.2 Å². The van der Waals surface area contributed by atoms with Gasteiger partial charge in [-0.15, -0.1) is 0 Å². The fourth-order valence-corrected chi connectivity index (χ4v) is 2.01. The Bertz CT molecular complexity index is 529. The van der Waals surface area contributed by atoms with Gasteiger partial charge in [-0.3, -0.25) is 4.98 Å². The molecule has 0 amide bonds. The highest BCUT2D eigenvalue weighted by Gasteiger charge is 2.00. The summed E-state index contributed by atoms with van der Waals surface area (Å²) in [6, 6.07) is 9.71. The van der Waals surface area contributed by atoms with Gasteiger partial charge in [-0.05, 0) is 48.2 Å². The maximum Gasteiger partial charge on any atom is 0.121 e. The maximum absolute atomic E-state index is 5.80. The van der Waals surface area contributed by atoms with Gasteiger partial charge in [-0.2, -0.15) is 0 Å². The van der Waals surface area contributed by atoms with Crippen LogP contribution in [0.1, 0.15) is 17.5 Å². The number of benzene rings is 1. The van der Waals surface area contributed by atoms with Gasteiger partial charge < -0.3 is 15.2 Å². The van der Waals surface area contributed by atoms with Crippen LogP contribution in [0.3, 0.4) is 0 Å². The molecule has 20 heavy (non-hydrogen) atoms. The summed E-state index contributed by atoms with van der Waals surface area (Å²) in [5, 5.41) is 0. The van der Waals surface area contributed by atoms with Crippen molar-refractivity contribution in [2.24, 2.45) is 0 Å². The van der Waals surface area contributed by atoms with Gasteiger partial charge >= 0.3 is 0 Å². The third kappa shape index (κ3) is 4.55. The zero-order chi connectivity index (χ0) is 14.2. The number of aromatic nitrogens is 1. The van der Waals surface area contributed by atoms with Crippen LogP contribution in [-0.2, 0) is 17.8 Å². The van der Waals surface area contributed by atoms with Crippen LogP contribution in [0.5, 0.6) is 5.75 Å². The zero-order valence-electron chi connectivity index (χ0n) is 11.7. The highest BCUT2D eigenvalue weighted by molar-refractivity contribution is 5.47. The minimum Gasteiger partial charge on any atom is -0.497 e. The SMILES string of the molecule is COc1cc(N)cc(COCCCc2ccncc2)c1. The molecule has 1 aromatic carbocycles. The molecule has 0 saturated heterocycles. The van der Waals surface area contributed by atoms with Crippen molar-refractivity contribution in [2.75, 3.05) is 19.5 Å². The molecule has 0 radical (unpaired) electrons. The molecule has 106 valence electrons. The Morgan fingerprint density at radius 3 is 2.65 bits per heavy atom. The summed E-state index contributed by atoms with van der Waals surface area (Å²) in [6.07, 6.45) is 5.62. The lowest BCUT2D eigenvalue weighted by Crippen LogP contribution is -1.99. The van der Waals surface area contributed by atoms with Gasteiger partial charge in [0.15, 0.2) is 0 Å². The fourth-order valence-electron chi connectivity index (χ4n) is 2.01. The van der Waals surface area contributed by atoms with Crippen molar-refractivity contribution in [3.63, 3.8) is 0 Å². The average Bonchev–Trinajstić information content (AvgIpc) is 2.47. The minimum atomic E-state index is 0.553. The highest BCUT2D eigenvalue weighted by Crippen LogP contribution is 2.19. The molecule has 4 heteroatoms. The molecule has 0 spiro atoms. The maximum atomic E-state index is 5.80. The summed E-state index contributed by atoms with van der Waals surface area (Å²) in [5.41, 5.74) is 8.81. The molecule has 0 unspecified atom stereocenters. The molecule has 0 atom stereocenters. The third-order valence-corrected chi connectivity index (χ3v) is 3.00. The van der Waals surface area contributed by atoms with E-state index in [2.05, 4.69) is 4.98 Å². The number of rotatable bonds is 7. The van der Waals surface area contributed by atoms with Crippen molar-refractivity contribution in [1.29, 1.82) is 0 Å². The van der Waals surface area contributed by atoms with Crippen LogP contribution < -0.4 is 10.5 Å². The average molecular weight is 272 g/mol. The number of anilines is 1. The first kappa shape index (κ1) is 14.3. The Morgan fingerprint density at radius 1 is 1.10 bits per heavy atom. The van der Waals surface area contributed by atoms with E-state index >= 15 is 0 Å². The van der Waals surface area contributed by atoms with E-state index in [1.165, 1.54) is 5.56 Å². The Morgan fingerprint density at radius 2 is 1.90 bits per heavy atom. The van der Waals surface area contributed by atoms with E-state index in [1.54, 1.807) is 13.2 Å². The van der Waals surface area contributed by atoms with Crippen LogP contribution >= 0.6 is 0 Å². The number of nitrogens with zero attached hydrogens (tertiary/aromatic N) is 1. The molecule has 2 N–H and O–H groups in total. The van der Waals surface area contributed by atoms with E-state index in [9.17, 15) is 0 Å². The number of hydrogen-bond acceptors (Lipinski definition) is 4. The summed E-state index contributed by atoms with van der Waals surface area (Å²) in [7, 11) is 1.63. The Labute approximate surface area is 119 Å². The van der Waals surface area contributed by atoms with Crippen molar-refractivity contribution in [1.82, 2.24) is 4.98 Å². The largest absolute Gasteiger partial charge is 0.497 e. The molecule has 2 rings (SSSR count). The molecule has 2 aromatic rings. The lowest BCUT2D eigenvalue weighted by Gasteiger charge is -2.08. The minimum absolute atomic E-state index is 0.553. The second kappa shape index (κ2) is 7.50. The second-order valence-corrected chi connectivity index (χ2v) is 4.63. The molecule has 4 nitrogen and oxygen atoms in total. The van der Waals surface area contributed by atoms with Gasteiger partial charge in [0.05, 0.1) is 13.7 Å². The number of ether oxygens (including phenoxy) is 2. The van der Waals surface area contributed by atoms with Crippen LogP contribution in [0.15, 0.2) is 42.7 Å². The first-order chi connectivity index (χ1) is 9.78. The zero-order valence-corrected chi connectivity index (χ0v) is 11.7. The molecule has 1 heterocycles. The molecular weight excluding hydrogens is 252 g/mol. The number of hydrogen-bond donors (Lipinski definition) is 1. The molecular formula is C16H20N2O2. The van der Waals surface area contributed by atoms with E-state index < -0.39 is 0 Å². The summed E-state index contributed by atoms with van der Waals surface area (Å²) < 4.78 is 10.8. The first-order valence-corrected chi connectivity index (χ1v) is 6.68. The van der Waals surface area contributed by atoms with Crippen LogP contribution in [-0.4, -0.2) is 18.7 Å². The van der Waals surface area contributed by atoms with E-state index in [0.717, 1.165) is 30.8 Å². The van der Waals surface area contributed by atoms with Crippen LogP contribution in [0.4, 0.5) is 5.69 Å². The summed E-state index contributed by atoms with van der Waals surface area (Å²) >= 11 is 0. The van der Waals surface area contributed by atoms with Gasteiger partial charge in [0.25, 0.3) is 0 Å². The van der Waals surface area contributed by atoms with Crippen LogP contribution in [0.25, 0.3) is 0 Å². The smallest absolute Gasteiger partial charge is 0.121 e. The van der Waals surface area contributed by atoms with E-state index in [0.29, 0.717) is 12.3 Å². The molecule has 1 aromatic heterocycles. The lowest BCUT2D eigenvalue weighted by molar-refractivity contribution is 0.118.